The molecule has 0 amide bonds. The van der Waals surface area contributed by atoms with Gasteiger partial charge in [-0.25, -0.2) is 4.79 Å². The molecule has 18 heavy (non-hydrogen) atoms. The van der Waals surface area contributed by atoms with E-state index in [0.717, 1.165) is 28.5 Å². The van der Waals surface area contributed by atoms with Crippen LogP contribution in [0.15, 0.2) is 24.4 Å². The second-order valence-electron chi connectivity index (χ2n) is 4.25. The molecular weight excluding hydrogens is 341 g/mol. The lowest BCUT2D eigenvalue weighted by Crippen LogP contribution is -2.03. The van der Waals surface area contributed by atoms with E-state index >= 15 is 0 Å². The van der Waals surface area contributed by atoms with Gasteiger partial charge in [0.1, 0.15) is 0 Å². The Morgan fingerprint density at radius 1 is 1.44 bits per heavy atom. The zero-order chi connectivity index (χ0) is 13.1. The molecule has 1 heterocycles. The quantitative estimate of drug-likeness (QED) is 0.615. The Labute approximate surface area is 120 Å². The number of carbonyl (C=O) groups excluding carboxylic acids is 1. The highest BCUT2D eigenvalue weighted by molar-refractivity contribution is 14.1. The van der Waals surface area contributed by atoms with Crippen LogP contribution >= 0.6 is 22.6 Å². The lowest BCUT2D eigenvalue weighted by atomic mass is 10.1. The first-order chi connectivity index (χ1) is 8.67. The molecule has 1 aromatic heterocycles. The summed E-state index contributed by atoms with van der Waals surface area (Å²) in [5, 5.41) is 1.19. The normalized spacial score (nSPS) is 10.8. The van der Waals surface area contributed by atoms with Gasteiger partial charge in [0.05, 0.1) is 12.7 Å². The summed E-state index contributed by atoms with van der Waals surface area (Å²) in [7, 11) is 1.41. The Kier molecular flexibility index (Phi) is 4.27. The first-order valence-electron chi connectivity index (χ1n) is 6.04. The van der Waals surface area contributed by atoms with Crippen molar-refractivity contribution in [3.63, 3.8) is 0 Å². The first-order valence-corrected chi connectivity index (χ1v) is 7.12. The van der Waals surface area contributed by atoms with Crippen molar-refractivity contribution in [3.8, 4) is 0 Å². The van der Waals surface area contributed by atoms with Crippen molar-refractivity contribution in [1.82, 2.24) is 4.57 Å². The van der Waals surface area contributed by atoms with E-state index in [1.54, 1.807) is 0 Å². The largest absolute Gasteiger partial charge is 0.465 e. The summed E-state index contributed by atoms with van der Waals surface area (Å²) < 4.78 is 8.07. The maximum atomic E-state index is 11.6. The molecule has 0 saturated carbocycles. The van der Waals surface area contributed by atoms with Crippen molar-refractivity contribution in [3.05, 3.63) is 33.5 Å². The molecule has 0 atom stereocenters. The number of halogens is 1. The van der Waals surface area contributed by atoms with Crippen LogP contribution in [0.5, 0.6) is 0 Å². The van der Waals surface area contributed by atoms with Crippen LogP contribution in [0.4, 0.5) is 0 Å². The van der Waals surface area contributed by atoms with Gasteiger partial charge in [-0.1, -0.05) is 13.3 Å². The van der Waals surface area contributed by atoms with Crippen LogP contribution in [-0.4, -0.2) is 17.6 Å². The molecule has 0 aliphatic carbocycles. The van der Waals surface area contributed by atoms with E-state index in [0.29, 0.717) is 5.56 Å². The third-order valence-electron chi connectivity index (χ3n) is 3.01. The average molecular weight is 357 g/mol. The highest BCUT2D eigenvalue weighted by Gasteiger charge is 2.11. The van der Waals surface area contributed by atoms with Gasteiger partial charge in [-0.05, 0) is 47.2 Å². The van der Waals surface area contributed by atoms with Crippen LogP contribution in [0.25, 0.3) is 10.9 Å². The smallest absolute Gasteiger partial charge is 0.337 e. The number of methoxy groups -OCH3 is 1. The fourth-order valence-electron chi connectivity index (χ4n) is 2.01. The molecule has 0 aliphatic heterocycles. The number of carbonyl (C=O) groups is 1. The number of aromatic nitrogens is 1. The van der Waals surface area contributed by atoms with Gasteiger partial charge < -0.3 is 9.30 Å². The van der Waals surface area contributed by atoms with Crippen LogP contribution in [0.1, 0.15) is 30.1 Å². The minimum Gasteiger partial charge on any atom is -0.465 e. The molecule has 2 aromatic rings. The zero-order valence-electron chi connectivity index (χ0n) is 10.6. The van der Waals surface area contributed by atoms with Crippen LogP contribution in [-0.2, 0) is 11.3 Å². The molecule has 0 fully saturated rings. The van der Waals surface area contributed by atoms with Gasteiger partial charge in [0.25, 0.3) is 0 Å². The maximum Gasteiger partial charge on any atom is 0.337 e. The molecule has 1 aromatic carbocycles. The third-order valence-corrected chi connectivity index (χ3v) is 3.90. The van der Waals surface area contributed by atoms with Crippen molar-refractivity contribution >= 4 is 39.5 Å². The van der Waals surface area contributed by atoms with Crippen molar-refractivity contribution in [2.24, 2.45) is 0 Å². The lowest BCUT2D eigenvalue weighted by Gasteiger charge is -2.07. The van der Waals surface area contributed by atoms with E-state index < -0.39 is 0 Å². The van der Waals surface area contributed by atoms with E-state index in [1.807, 2.05) is 12.1 Å². The molecule has 2 rings (SSSR count). The summed E-state index contributed by atoms with van der Waals surface area (Å²) >= 11 is 2.26. The molecule has 0 unspecified atom stereocenters. The Morgan fingerprint density at radius 3 is 2.89 bits per heavy atom. The molecule has 4 heteroatoms. The van der Waals surface area contributed by atoms with Gasteiger partial charge in [-0.3, -0.25) is 0 Å². The standard InChI is InChI=1S/C14H16INO2/c1-3-4-6-16-7-5-11-12(15)8-10(9-13(11)16)14(17)18-2/h5,7-9H,3-4,6H2,1-2H3. The highest BCUT2D eigenvalue weighted by atomic mass is 127. The number of esters is 1. The summed E-state index contributed by atoms with van der Waals surface area (Å²) in [5.41, 5.74) is 1.72. The summed E-state index contributed by atoms with van der Waals surface area (Å²) in [6.07, 6.45) is 4.39. The predicted octanol–water partition coefficient (Wildman–Crippen LogP) is 3.83. The Balaban J connectivity index is 2.50. The number of aryl methyl sites for hydroxylation is 1. The second-order valence-corrected chi connectivity index (χ2v) is 5.41. The summed E-state index contributed by atoms with van der Waals surface area (Å²) in [4.78, 5) is 11.6. The van der Waals surface area contributed by atoms with Crippen molar-refractivity contribution in [1.29, 1.82) is 0 Å². The SMILES string of the molecule is CCCCn1ccc2c(I)cc(C(=O)OC)cc21. The number of ether oxygens (including phenoxy) is 1. The van der Waals surface area contributed by atoms with Gasteiger partial charge in [0, 0.05) is 27.2 Å². The summed E-state index contributed by atoms with van der Waals surface area (Å²) in [5.74, 6) is -0.280. The van der Waals surface area contributed by atoms with Crippen molar-refractivity contribution in [2.75, 3.05) is 7.11 Å². The van der Waals surface area contributed by atoms with Gasteiger partial charge in [-0.2, -0.15) is 0 Å². The van der Waals surface area contributed by atoms with E-state index in [-0.39, 0.29) is 5.97 Å². The van der Waals surface area contributed by atoms with Gasteiger partial charge in [-0.15, -0.1) is 0 Å². The minimum atomic E-state index is -0.280. The average Bonchev–Trinajstić information content (AvgIpc) is 2.79. The molecule has 0 spiro atoms. The van der Waals surface area contributed by atoms with Crippen LogP contribution in [0.2, 0.25) is 0 Å². The molecule has 0 radical (unpaired) electrons. The Hall–Kier alpha value is -1.04. The number of benzene rings is 1. The fourth-order valence-corrected chi connectivity index (χ4v) is 2.80. The van der Waals surface area contributed by atoms with E-state index in [1.165, 1.54) is 12.5 Å². The molecule has 96 valence electrons. The number of nitrogens with zero attached hydrogens (tertiary/aromatic N) is 1. The summed E-state index contributed by atoms with van der Waals surface area (Å²) in [6.45, 7) is 3.16. The fraction of sp³-hybridized carbons (Fsp3) is 0.357. The molecule has 3 nitrogen and oxygen atoms in total. The van der Waals surface area contributed by atoms with E-state index in [4.69, 9.17) is 4.74 Å². The minimum absolute atomic E-state index is 0.280. The van der Waals surface area contributed by atoms with Crippen LogP contribution in [0.3, 0.4) is 0 Å². The maximum absolute atomic E-state index is 11.6. The van der Waals surface area contributed by atoms with E-state index in [9.17, 15) is 4.79 Å². The monoisotopic (exact) mass is 357 g/mol. The zero-order valence-corrected chi connectivity index (χ0v) is 12.7. The van der Waals surface area contributed by atoms with Crippen molar-refractivity contribution < 1.29 is 9.53 Å². The molecule has 0 aliphatic rings. The number of unbranched alkanes of at least 4 members (excludes halogenated alkanes) is 1. The molecule has 0 bridgehead atoms. The highest BCUT2D eigenvalue weighted by Crippen LogP contribution is 2.24. The predicted molar refractivity (Wildman–Crippen MR) is 80.9 cm³/mol. The number of fused-ring (bicyclic) bond motifs is 1. The lowest BCUT2D eigenvalue weighted by molar-refractivity contribution is 0.0601. The first kappa shape index (κ1) is 13.4. The number of hydrogen-bond donors (Lipinski definition) is 0. The third kappa shape index (κ3) is 2.53. The van der Waals surface area contributed by atoms with Crippen LogP contribution in [0, 0.1) is 3.57 Å². The summed E-state index contributed by atoms with van der Waals surface area (Å²) in [6, 6.07) is 5.89. The Bertz CT molecular complexity index is 574. The topological polar surface area (TPSA) is 31.2 Å². The van der Waals surface area contributed by atoms with Gasteiger partial charge in [0.15, 0.2) is 0 Å². The molecule has 0 N–H and O–H groups in total. The second kappa shape index (κ2) is 5.73. The van der Waals surface area contributed by atoms with Crippen LogP contribution < -0.4 is 0 Å². The van der Waals surface area contributed by atoms with Gasteiger partial charge >= 0.3 is 5.97 Å². The number of hydrogen-bond acceptors (Lipinski definition) is 2. The van der Waals surface area contributed by atoms with Crippen molar-refractivity contribution in [2.45, 2.75) is 26.3 Å². The molecule has 0 saturated heterocycles. The number of rotatable bonds is 4. The molecular formula is C14H16INO2. The van der Waals surface area contributed by atoms with Gasteiger partial charge in [0.2, 0.25) is 0 Å². The Morgan fingerprint density at radius 2 is 2.22 bits per heavy atom. The van der Waals surface area contributed by atoms with E-state index in [2.05, 4.69) is 46.3 Å².